The molecule has 0 unspecified atom stereocenters. The summed E-state index contributed by atoms with van der Waals surface area (Å²) in [6, 6.07) is 10.6. The highest BCUT2D eigenvalue weighted by atomic mass is 35.5. The first-order chi connectivity index (χ1) is 9.10. The van der Waals surface area contributed by atoms with E-state index in [9.17, 15) is 9.18 Å². The zero-order chi connectivity index (χ0) is 13.8. The molecule has 2 aromatic carbocycles. The third-order valence-corrected chi connectivity index (χ3v) is 2.80. The van der Waals surface area contributed by atoms with Gasteiger partial charge in [0.2, 0.25) is 0 Å². The molecule has 0 aliphatic carbocycles. The number of anilines is 2. The second kappa shape index (κ2) is 5.69. The maximum atomic E-state index is 13.2. The Morgan fingerprint density at radius 2 is 1.74 bits per heavy atom. The Kier molecular flexibility index (Phi) is 3.99. The van der Waals surface area contributed by atoms with Gasteiger partial charge in [0.25, 0.3) is 5.91 Å². The van der Waals surface area contributed by atoms with E-state index >= 15 is 0 Å². The van der Waals surface area contributed by atoms with Crippen LogP contribution in [0.25, 0.3) is 0 Å². The van der Waals surface area contributed by atoms with Crippen molar-refractivity contribution in [2.45, 2.75) is 0 Å². The maximum Gasteiger partial charge on any atom is 0.255 e. The van der Waals surface area contributed by atoms with E-state index in [4.69, 9.17) is 17.4 Å². The molecule has 2 rings (SSSR count). The number of amides is 1. The normalized spacial score (nSPS) is 10.1. The molecule has 6 heteroatoms. The van der Waals surface area contributed by atoms with E-state index in [1.54, 1.807) is 24.3 Å². The van der Waals surface area contributed by atoms with Crippen LogP contribution in [0.5, 0.6) is 0 Å². The average Bonchev–Trinajstić information content (AvgIpc) is 2.43. The predicted octanol–water partition coefficient (Wildman–Crippen LogP) is 3.02. The molecule has 0 bridgehead atoms. The van der Waals surface area contributed by atoms with E-state index in [-0.39, 0.29) is 10.9 Å². The quantitative estimate of drug-likeness (QED) is 0.598. The average molecular weight is 280 g/mol. The minimum atomic E-state index is -0.581. The van der Waals surface area contributed by atoms with E-state index < -0.39 is 5.82 Å². The van der Waals surface area contributed by atoms with Gasteiger partial charge in [-0.1, -0.05) is 11.6 Å². The van der Waals surface area contributed by atoms with Gasteiger partial charge in [-0.05, 0) is 42.5 Å². The Labute approximate surface area is 114 Å². The van der Waals surface area contributed by atoms with Crippen LogP contribution in [0.3, 0.4) is 0 Å². The number of hydrogen-bond donors (Lipinski definition) is 3. The number of carbonyl (C=O) groups is 1. The smallest absolute Gasteiger partial charge is 0.255 e. The molecule has 0 atom stereocenters. The molecule has 0 saturated carbocycles. The Balaban J connectivity index is 2.13. The molecule has 98 valence electrons. The lowest BCUT2D eigenvalue weighted by Gasteiger charge is -2.06. The number of nitrogens with one attached hydrogen (secondary N) is 2. The lowest BCUT2D eigenvalue weighted by atomic mass is 10.2. The summed E-state index contributed by atoms with van der Waals surface area (Å²) in [5, 5.41) is 2.59. The van der Waals surface area contributed by atoms with Gasteiger partial charge in [0.1, 0.15) is 5.82 Å². The van der Waals surface area contributed by atoms with E-state index in [2.05, 4.69) is 10.7 Å². The lowest BCUT2D eigenvalue weighted by molar-refractivity contribution is 0.102. The van der Waals surface area contributed by atoms with Crippen LogP contribution in [-0.4, -0.2) is 5.91 Å². The predicted molar refractivity (Wildman–Crippen MR) is 73.6 cm³/mol. The number of hydrogen-bond acceptors (Lipinski definition) is 3. The molecule has 0 aliphatic rings. The van der Waals surface area contributed by atoms with Crippen molar-refractivity contribution in [3.63, 3.8) is 0 Å². The maximum absolute atomic E-state index is 13.2. The topological polar surface area (TPSA) is 67.1 Å². The molecule has 0 spiro atoms. The first kappa shape index (κ1) is 13.3. The fourth-order valence-corrected chi connectivity index (χ4v) is 1.61. The lowest BCUT2D eigenvalue weighted by Crippen LogP contribution is -2.12. The highest BCUT2D eigenvalue weighted by Gasteiger charge is 2.07. The van der Waals surface area contributed by atoms with Gasteiger partial charge < -0.3 is 10.7 Å². The molecule has 0 saturated heterocycles. The van der Waals surface area contributed by atoms with Gasteiger partial charge in [0.15, 0.2) is 0 Å². The van der Waals surface area contributed by atoms with Gasteiger partial charge in [0.05, 0.1) is 5.02 Å². The summed E-state index contributed by atoms with van der Waals surface area (Å²) < 4.78 is 13.2. The van der Waals surface area contributed by atoms with Crippen LogP contribution in [-0.2, 0) is 0 Å². The number of benzene rings is 2. The van der Waals surface area contributed by atoms with Crippen LogP contribution in [0.2, 0.25) is 5.02 Å². The summed E-state index contributed by atoms with van der Waals surface area (Å²) in [7, 11) is 0. The number of halogens is 2. The van der Waals surface area contributed by atoms with Crippen LogP contribution in [0, 0.1) is 5.82 Å². The van der Waals surface area contributed by atoms with Crippen molar-refractivity contribution in [1.29, 1.82) is 0 Å². The monoisotopic (exact) mass is 279 g/mol. The summed E-state index contributed by atoms with van der Waals surface area (Å²) in [5.41, 5.74) is 3.93. The van der Waals surface area contributed by atoms with E-state index in [1.165, 1.54) is 12.1 Å². The van der Waals surface area contributed by atoms with Crippen molar-refractivity contribution in [2.75, 3.05) is 10.7 Å². The molecular weight excluding hydrogens is 269 g/mol. The Hall–Kier alpha value is -2.11. The molecule has 0 fully saturated rings. The molecule has 0 heterocycles. The number of nitrogen functional groups attached to an aromatic ring is 1. The number of nitrogens with two attached hydrogens (primary N) is 1. The van der Waals surface area contributed by atoms with Crippen molar-refractivity contribution in [2.24, 2.45) is 5.84 Å². The minimum Gasteiger partial charge on any atom is -0.324 e. The van der Waals surface area contributed by atoms with Crippen molar-refractivity contribution in [3.05, 3.63) is 58.9 Å². The molecule has 4 nitrogen and oxygen atoms in total. The summed E-state index contributed by atoms with van der Waals surface area (Å²) >= 11 is 5.56. The number of hydrazine groups is 1. The zero-order valence-electron chi connectivity index (χ0n) is 9.78. The number of rotatable bonds is 3. The third kappa shape index (κ3) is 3.21. The highest BCUT2D eigenvalue weighted by Crippen LogP contribution is 2.19. The molecule has 19 heavy (non-hydrogen) atoms. The first-order valence-corrected chi connectivity index (χ1v) is 5.81. The highest BCUT2D eigenvalue weighted by molar-refractivity contribution is 6.30. The molecule has 1 amide bonds. The van der Waals surface area contributed by atoms with E-state index in [0.29, 0.717) is 16.9 Å². The SMILES string of the molecule is NNc1ccc(C(=O)Nc2ccc(Cl)c(F)c2)cc1. The van der Waals surface area contributed by atoms with Crippen LogP contribution in [0.1, 0.15) is 10.4 Å². The fourth-order valence-electron chi connectivity index (χ4n) is 1.49. The zero-order valence-corrected chi connectivity index (χ0v) is 10.5. The Morgan fingerprint density at radius 1 is 1.11 bits per heavy atom. The van der Waals surface area contributed by atoms with Gasteiger partial charge >= 0.3 is 0 Å². The Morgan fingerprint density at radius 3 is 2.32 bits per heavy atom. The third-order valence-electron chi connectivity index (χ3n) is 2.49. The fraction of sp³-hybridized carbons (Fsp3) is 0. The van der Waals surface area contributed by atoms with Crippen LogP contribution >= 0.6 is 11.6 Å². The summed E-state index contributed by atoms with van der Waals surface area (Å²) in [6.07, 6.45) is 0. The number of carbonyl (C=O) groups excluding carboxylic acids is 1. The second-order valence-corrected chi connectivity index (χ2v) is 4.21. The standard InChI is InChI=1S/C13H11ClFN3O/c14-11-6-5-10(7-12(11)15)17-13(19)8-1-3-9(18-16)4-2-8/h1-7,18H,16H2,(H,17,19). The van der Waals surface area contributed by atoms with Crippen molar-refractivity contribution in [1.82, 2.24) is 0 Å². The van der Waals surface area contributed by atoms with Gasteiger partial charge in [-0.15, -0.1) is 0 Å². The van der Waals surface area contributed by atoms with Gasteiger partial charge in [-0.2, -0.15) is 0 Å². The van der Waals surface area contributed by atoms with Crippen LogP contribution < -0.4 is 16.6 Å². The first-order valence-electron chi connectivity index (χ1n) is 5.43. The van der Waals surface area contributed by atoms with E-state index in [1.807, 2.05) is 0 Å². The van der Waals surface area contributed by atoms with Gasteiger partial charge in [-0.3, -0.25) is 10.6 Å². The second-order valence-electron chi connectivity index (χ2n) is 3.80. The van der Waals surface area contributed by atoms with Crippen molar-refractivity contribution >= 4 is 28.9 Å². The largest absolute Gasteiger partial charge is 0.324 e. The van der Waals surface area contributed by atoms with Crippen LogP contribution in [0.4, 0.5) is 15.8 Å². The molecule has 4 N–H and O–H groups in total. The molecule has 2 aromatic rings. The summed E-state index contributed by atoms with van der Waals surface area (Å²) in [4.78, 5) is 11.9. The minimum absolute atomic E-state index is 0.0105. The molecular formula is C13H11ClFN3O. The van der Waals surface area contributed by atoms with Crippen LogP contribution in [0.15, 0.2) is 42.5 Å². The summed E-state index contributed by atoms with van der Waals surface area (Å²) in [6.45, 7) is 0. The van der Waals surface area contributed by atoms with Gasteiger partial charge in [0, 0.05) is 16.9 Å². The van der Waals surface area contributed by atoms with Gasteiger partial charge in [-0.25, -0.2) is 4.39 Å². The molecule has 0 radical (unpaired) electrons. The summed E-state index contributed by atoms with van der Waals surface area (Å²) in [5.74, 6) is 4.30. The molecule has 0 aliphatic heterocycles. The van der Waals surface area contributed by atoms with Crippen molar-refractivity contribution in [3.8, 4) is 0 Å². The van der Waals surface area contributed by atoms with Crippen molar-refractivity contribution < 1.29 is 9.18 Å². The van der Waals surface area contributed by atoms with E-state index in [0.717, 1.165) is 6.07 Å². The Bertz CT molecular complexity index is 601. The molecule has 0 aromatic heterocycles.